The van der Waals surface area contributed by atoms with E-state index in [1.807, 2.05) is 16.8 Å². The highest BCUT2D eigenvalue weighted by atomic mass is 32.1. The number of hydrogen-bond donors (Lipinski definition) is 0. The number of aromatic nitrogens is 2. The number of thiophene rings is 1. The van der Waals surface area contributed by atoms with Crippen LogP contribution in [0.4, 0.5) is 0 Å². The van der Waals surface area contributed by atoms with Gasteiger partial charge in [-0.3, -0.25) is 9.69 Å². The zero-order valence-corrected chi connectivity index (χ0v) is 12.8. The molecule has 1 saturated heterocycles. The van der Waals surface area contributed by atoms with Gasteiger partial charge in [-0.05, 0) is 17.4 Å². The quantitative estimate of drug-likeness (QED) is 0.805. The van der Waals surface area contributed by atoms with Crippen molar-refractivity contribution in [2.45, 2.75) is 13.5 Å². The second kappa shape index (κ2) is 5.95. The van der Waals surface area contributed by atoms with Crippen molar-refractivity contribution >= 4 is 17.3 Å². The number of carbonyl (C=O) groups is 1. The predicted molar refractivity (Wildman–Crippen MR) is 77.6 cm³/mol. The van der Waals surface area contributed by atoms with E-state index in [9.17, 15) is 4.79 Å². The lowest BCUT2D eigenvalue weighted by Crippen LogP contribution is -2.24. The molecule has 21 heavy (non-hydrogen) atoms. The van der Waals surface area contributed by atoms with Gasteiger partial charge in [-0.1, -0.05) is 12.1 Å². The third-order valence-corrected chi connectivity index (χ3v) is 4.48. The standard InChI is InChI=1S/C14H17N3O3S/c1-9-5-17(6-11(9)14(18)19-2)7-12-15-13(16-20-12)10-3-4-21-8-10/h3-4,8-9,11H,5-7H2,1-2H3. The van der Waals surface area contributed by atoms with E-state index >= 15 is 0 Å². The number of methoxy groups -OCH3 is 1. The van der Waals surface area contributed by atoms with Crippen LogP contribution >= 0.6 is 11.3 Å². The lowest BCUT2D eigenvalue weighted by molar-refractivity contribution is -0.146. The summed E-state index contributed by atoms with van der Waals surface area (Å²) in [5.74, 6) is 1.25. The molecule has 1 aliphatic rings. The first-order valence-electron chi connectivity index (χ1n) is 6.82. The molecule has 1 aliphatic heterocycles. The van der Waals surface area contributed by atoms with E-state index in [-0.39, 0.29) is 17.8 Å². The number of esters is 1. The van der Waals surface area contributed by atoms with Crippen molar-refractivity contribution in [3.63, 3.8) is 0 Å². The molecule has 2 aromatic heterocycles. The molecular formula is C14H17N3O3S. The van der Waals surface area contributed by atoms with Gasteiger partial charge in [0.2, 0.25) is 11.7 Å². The highest BCUT2D eigenvalue weighted by molar-refractivity contribution is 7.08. The number of likely N-dealkylation sites (tertiary alicyclic amines) is 1. The molecule has 2 atom stereocenters. The van der Waals surface area contributed by atoms with Gasteiger partial charge in [0.25, 0.3) is 0 Å². The Hall–Kier alpha value is -1.73. The molecule has 0 aliphatic carbocycles. The fourth-order valence-corrected chi connectivity index (χ4v) is 3.31. The minimum atomic E-state index is -0.144. The van der Waals surface area contributed by atoms with Gasteiger partial charge in [0, 0.05) is 24.0 Å². The van der Waals surface area contributed by atoms with Crippen LogP contribution in [-0.2, 0) is 16.1 Å². The number of carbonyl (C=O) groups excluding carboxylic acids is 1. The van der Waals surface area contributed by atoms with Gasteiger partial charge in [0.15, 0.2) is 0 Å². The normalized spacial score (nSPS) is 22.6. The molecule has 3 rings (SSSR count). The average molecular weight is 307 g/mol. The van der Waals surface area contributed by atoms with Crippen molar-refractivity contribution < 1.29 is 14.1 Å². The Kier molecular flexibility index (Phi) is 4.03. The van der Waals surface area contributed by atoms with Gasteiger partial charge in [-0.2, -0.15) is 16.3 Å². The molecule has 1 fully saturated rings. The van der Waals surface area contributed by atoms with Gasteiger partial charge >= 0.3 is 5.97 Å². The molecule has 0 saturated carbocycles. The van der Waals surface area contributed by atoms with E-state index < -0.39 is 0 Å². The average Bonchev–Trinajstić information content (AvgIpc) is 3.18. The molecular weight excluding hydrogens is 290 g/mol. The zero-order valence-electron chi connectivity index (χ0n) is 12.0. The Bertz CT molecular complexity index is 611. The highest BCUT2D eigenvalue weighted by Gasteiger charge is 2.36. The summed E-state index contributed by atoms with van der Waals surface area (Å²) < 4.78 is 10.1. The highest BCUT2D eigenvalue weighted by Crippen LogP contribution is 2.26. The zero-order chi connectivity index (χ0) is 14.8. The molecule has 3 heterocycles. The van der Waals surface area contributed by atoms with Crippen molar-refractivity contribution in [2.24, 2.45) is 11.8 Å². The van der Waals surface area contributed by atoms with Gasteiger partial charge in [0.05, 0.1) is 19.6 Å². The summed E-state index contributed by atoms with van der Waals surface area (Å²) in [7, 11) is 1.43. The first-order chi connectivity index (χ1) is 10.2. The van der Waals surface area contributed by atoms with Crippen LogP contribution in [0.5, 0.6) is 0 Å². The lowest BCUT2D eigenvalue weighted by atomic mass is 9.99. The molecule has 2 aromatic rings. The van der Waals surface area contributed by atoms with Crippen molar-refractivity contribution in [1.29, 1.82) is 0 Å². The SMILES string of the molecule is COC(=O)C1CN(Cc2nc(-c3ccsc3)no2)CC1C. The molecule has 0 bridgehead atoms. The Morgan fingerprint density at radius 2 is 2.43 bits per heavy atom. The molecule has 7 heteroatoms. The summed E-state index contributed by atoms with van der Waals surface area (Å²) in [4.78, 5) is 18.2. The number of rotatable bonds is 4. The van der Waals surface area contributed by atoms with Crippen LogP contribution in [0.2, 0.25) is 0 Å². The van der Waals surface area contributed by atoms with E-state index in [0.29, 0.717) is 24.8 Å². The predicted octanol–water partition coefficient (Wildman–Crippen LogP) is 2.04. The van der Waals surface area contributed by atoms with Crippen LogP contribution < -0.4 is 0 Å². The Labute approximate surface area is 126 Å². The van der Waals surface area contributed by atoms with Crippen LogP contribution in [-0.4, -0.2) is 41.2 Å². The fraction of sp³-hybridized carbons (Fsp3) is 0.500. The first kappa shape index (κ1) is 14.2. The molecule has 112 valence electrons. The molecule has 0 radical (unpaired) electrons. The third-order valence-electron chi connectivity index (χ3n) is 3.80. The number of hydrogen-bond acceptors (Lipinski definition) is 7. The summed E-state index contributed by atoms with van der Waals surface area (Å²) in [6.45, 7) is 4.13. The molecule has 0 aromatic carbocycles. The van der Waals surface area contributed by atoms with Crippen LogP contribution in [0.15, 0.2) is 21.3 Å². The van der Waals surface area contributed by atoms with Crippen LogP contribution in [0, 0.1) is 11.8 Å². The largest absolute Gasteiger partial charge is 0.469 e. The second-order valence-corrected chi connectivity index (χ2v) is 6.10. The van der Waals surface area contributed by atoms with Crippen molar-refractivity contribution in [1.82, 2.24) is 15.0 Å². The van der Waals surface area contributed by atoms with Crippen LogP contribution in [0.1, 0.15) is 12.8 Å². The summed E-state index contributed by atoms with van der Waals surface area (Å²) in [6.07, 6.45) is 0. The van der Waals surface area contributed by atoms with Gasteiger partial charge < -0.3 is 9.26 Å². The number of nitrogens with zero attached hydrogens (tertiary/aromatic N) is 3. The van der Waals surface area contributed by atoms with Crippen LogP contribution in [0.3, 0.4) is 0 Å². The van der Waals surface area contributed by atoms with Crippen LogP contribution in [0.25, 0.3) is 11.4 Å². The molecule has 0 amide bonds. The van der Waals surface area contributed by atoms with Crippen molar-refractivity contribution in [3.8, 4) is 11.4 Å². The minimum Gasteiger partial charge on any atom is -0.469 e. The Balaban J connectivity index is 1.64. The van der Waals surface area contributed by atoms with E-state index in [1.54, 1.807) is 11.3 Å². The minimum absolute atomic E-state index is 0.0748. The van der Waals surface area contributed by atoms with Gasteiger partial charge in [0.1, 0.15) is 0 Å². The molecule has 2 unspecified atom stereocenters. The molecule has 0 spiro atoms. The smallest absolute Gasteiger partial charge is 0.310 e. The van der Waals surface area contributed by atoms with E-state index in [2.05, 4.69) is 22.0 Å². The first-order valence-corrected chi connectivity index (χ1v) is 7.77. The maximum absolute atomic E-state index is 11.7. The summed E-state index contributed by atoms with van der Waals surface area (Å²) in [5.41, 5.74) is 0.970. The Morgan fingerprint density at radius 1 is 1.57 bits per heavy atom. The van der Waals surface area contributed by atoms with Crippen molar-refractivity contribution in [3.05, 3.63) is 22.7 Å². The summed E-state index contributed by atoms with van der Waals surface area (Å²) in [5, 5.41) is 7.96. The van der Waals surface area contributed by atoms with E-state index in [1.165, 1.54) is 7.11 Å². The monoisotopic (exact) mass is 307 g/mol. The van der Waals surface area contributed by atoms with Gasteiger partial charge in [-0.15, -0.1) is 0 Å². The lowest BCUT2D eigenvalue weighted by Gasteiger charge is -2.12. The Morgan fingerprint density at radius 3 is 3.14 bits per heavy atom. The van der Waals surface area contributed by atoms with Crippen molar-refractivity contribution in [2.75, 3.05) is 20.2 Å². The molecule has 6 nitrogen and oxygen atoms in total. The second-order valence-electron chi connectivity index (χ2n) is 5.32. The fourth-order valence-electron chi connectivity index (χ4n) is 2.67. The topological polar surface area (TPSA) is 68.5 Å². The third kappa shape index (κ3) is 2.98. The van der Waals surface area contributed by atoms with E-state index in [4.69, 9.17) is 9.26 Å². The maximum Gasteiger partial charge on any atom is 0.310 e. The number of ether oxygens (including phenoxy) is 1. The van der Waals surface area contributed by atoms with E-state index in [0.717, 1.165) is 12.1 Å². The van der Waals surface area contributed by atoms with Gasteiger partial charge in [-0.25, -0.2) is 0 Å². The maximum atomic E-state index is 11.7. The molecule has 0 N–H and O–H groups in total. The summed E-state index contributed by atoms with van der Waals surface area (Å²) in [6, 6.07) is 1.96. The summed E-state index contributed by atoms with van der Waals surface area (Å²) >= 11 is 1.60.